The first-order valence-electron chi connectivity index (χ1n) is 10.6. The molecule has 0 saturated heterocycles. The number of amides is 2. The van der Waals surface area contributed by atoms with Gasteiger partial charge in [-0.1, -0.05) is 17.7 Å². The molecule has 2 aromatic rings. The summed E-state index contributed by atoms with van der Waals surface area (Å²) in [6, 6.07) is 6.50. The first-order chi connectivity index (χ1) is 17.1. The van der Waals surface area contributed by atoms with Crippen molar-refractivity contribution in [1.29, 1.82) is 0 Å². The van der Waals surface area contributed by atoms with Crippen molar-refractivity contribution in [3.8, 4) is 5.75 Å². The van der Waals surface area contributed by atoms with Crippen LogP contribution in [0.1, 0.15) is 25.0 Å². The van der Waals surface area contributed by atoms with Gasteiger partial charge in [-0.05, 0) is 50.2 Å². The molecule has 3 rings (SSSR count). The van der Waals surface area contributed by atoms with Crippen LogP contribution in [-0.4, -0.2) is 49.3 Å². The van der Waals surface area contributed by atoms with Crippen molar-refractivity contribution < 1.29 is 45.4 Å². The van der Waals surface area contributed by atoms with Gasteiger partial charge in [0.25, 0.3) is 0 Å². The monoisotopic (exact) mass is 551 g/mol. The summed E-state index contributed by atoms with van der Waals surface area (Å²) in [5.74, 6) is -1.26. The summed E-state index contributed by atoms with van der Waals surface area (Å²) in [6.07, 6.45) is -9.59. The van der Waals surface area contributed by atoms with E-state index < -0.39 is 46.3 Å². The van der Waals surface area contributed by atoms with Crippen LogP contribution in [0, 0.1) is 5.41 Å². The third-order valence-electron chi connectivity index (χ3n) is 5.45. The Hall–Kier alpha value is -3.48. The Bertz CT molecular complexity index is 1220. The number of rotatable bonds is 5. The molecule has 14 heteroatoms. The number of ether oxygens (including phenoxy) is 2. The maximum Gasteiger partial charge on any atom is 0.573 e. The smallest absolute Gasteiger partial charge is 0.465 e. The average Bonchev–Trinajstić information content (AvgIpc) is 3.15. The number of carbonyl (C=O) groups is 2. The molecule has 1 heterocycles. The molecule has 37 heavy (non-hydrogen) atoms. The fourth-order valence-electron chi connectivity index (χ4n) is 3.63. The van der Waals surface area contributed by atoms with E-state index in [1.807, 2.05) is 0 Å². The minimum Gasteiger partial charge on any atom is -0.465 e. The van der Waals surface area contributed by atoms with Crippen LogP contribution >= 0.6 is 11.6 Å². The third-order valence-corrected chi connectivity index (χ3v) is 5.76. The number of benzene rings is 2. The molecule has 0 aromatic heterocycles. The van der Waals surface area contributed by atoms with Crippen molar-refractivity contribution in [3.05, 3.63) is 58.6 Å². The average molecular weight is 552 g/mol. The summed E-state index contributed by atoms with van der Waals surface area (Å²) in [5.41, 5.74) is -2.43. The summed E-state index contributed by atoms with van der Waals surface area (Å²) in [6.45, 7) is 2.66. The first kappa shape index (κ1) is 28.1. The molecule has 0 bridgehead atoms. The van der Waals surface area contributed by atoms with Gasteiger partial charge in [0, 0.05) is 18.3 Å². The van der Waals surface area contributed by atoms with Gasteiger partial charge in [-0.2, -0.15) is 18.3 Å². The molecular formula is C23H20ClF6N3O4. The highest BCUT2D eigenvalue weighted by Crippen LogP contribution is 2.38. The molecule has 1 unspecified atom stereocenters. The summed E-state index contributed by atoms with van der Waals surface area (Å²) < 4.78 is 85.6. The number of halogens is 7. The van der Waals surface area contributed by atoms with Gasteiger partial charge in [-0.3, -0.25) is 9.69 Å². The van der Waals surface area contributed by atoms with Gasteiger partial charge in [0.1, 0.15) is 11.2 Å². The van der Waals surface area contributed by atoms with Crippen LogP contribution in [0.2, 0.25) is 5.02 Å². The van der Waals surface area contributed by atoms with Gasteiger partial charge in [0.2, 0.25) is 0 Å². The summed E-state index contributed by atoms with van der Waals surface area (Å²) in [5, 5.41) is 4.50. The third kappa shape index (κ3) is 6.09. The van der Waals surface area contributed by atoms with E-state index in [-0.39, 0.29) is 30.1 Å². The zero-order chi connectivity index (χ0) is 27.8. The molecule has 0 N–H and O–H groups in total. The summed E-state index contributed by atoms with van der Waals surface area (Å²) in [7, 11) is 1.33. The second-order valence-corrected chi connectivity index (χ2v) is 8.54. The number of esters is 1. The van der Waals surface area contributed by atoms with E-state index >= 15 is 0 Å². The van der Waals surface area contributed by atoms with Crippen LogP contribution in [0.4, 0.5) is 36.8 Å². The lowest BCUT2D eigenvalue weighted by Crippen LogP contribution is -2.44. The molecule has 0 aliphatic carbocycles. The van der Waals surface area contributed by atoms with Crippen molar-refractivity contribution >= 4 is 35.0 Å². The van der Waals surface area contributed by atoms with Crippen LogP contribution in [0.5, 0.6) is 5.75 Å². The number of hydrazone groups is 1. The molecule has 0 fully saturated rings. The van der Waals surface area contributed by atoms with Crippen molar-refractivity contribution in [3.63, 3.8) is 0 Å². The largest absolute Gasteiger partial charge is 0.573 e. The number of hydrogen-bond donors (Lipinski definition) is 0. The SMILES string of the molecule is CCOC(=O)C1(C)CN(C(=O)N(C)c2ccc(OC(F)(F)F)cc2)N=C1c1ccc(C(F)(F)F)c(Cl)c1. The Morgan fingerprint density at radius 1 is 1.11 bits per heavy atom. The van der Waals surface area contributed by atoms with E-state index in [0.29, 0.717) is 0 Å². The Morgan fingerprint density at radius 3 is 2.24 bits per heavy atom. The van der Waals surface area contributed by atoms with Gasteiger partial charge in [-0.25, -0.2) is 9.80 Å². The van der Waals surface area contributed by atoms with Crippen molar-refractivity contribution in [2.24, 2.45) is 10.5 Å². The molecule has 1 aliphatic heterocycles. The fraction of sp³-hybridized carbons (Fsp3) is 0.348. The highest BCUT2D eigenvalue weighted by Gasteiger charge is 2.49. The van der Waals surface area contributed by atoms with Crippen molar-refractivity contribution in [1.82, 2.24) is 5.01 Å². The van der Waals surface area contributed by atoms with E-state index in [2.05, 4.69) is 9.84 Å². The van der Waals surface area contributed by atoms with E-state index in [1.54, 1.807) is 6.92 Å². The number of carbonyl (C=O) groups excluding carboxylic acids is 2. The summed E-state index contributed by atoms with van der Waals surface area (Å²) in [4.78, 5) is 27.1. The van der Waals surface area contributed by atoms with Gasteiger partial charge in [0.05, 0.1) is 29.4 Å². The standard InChI is InChI=1S/C23H20ClF6N3O4/c1-4-36-19(34)21(2)12-33(31-18(21)13-5-10-16(17(24)11-13)22(25,26)27)20(35)32(3)14-6-8-15(9-7-14)37-23(28,29)30/h5-11H,4,12H2,1-3H3. The van der Waals surface area contributed by atoms with Gasteiger partial charge >= 0.3 is 24.5 Å². The number of alkyl halides is 6. The molecule has 200 valence electrons. The molecule has 1 aliphatic rings. The van der Waals surface area contributed by atoms with Crippen LogP contribution in [0.15, 0.2) is 47.6 Å². The molecule has 2 amide bonds. The molecule has 2 aromatic carbocycles. The normalized spacial score (nSPS) is 17.9. The topological polar surface area (TPSA) is 71.4 Å². The zero-order valence-electron chi connectivity index (χ0n) is 19.6. The zero-order valence-corrected chi connectivity index (χ0v) is 20.3. The van der Waals surface area contributed by atoms with Gasteiger partial charge in [0.15, 0.2) is 0 Å². The van der Waals surface area contributed by atoms with Crippen LogP contribution in [-0.2, 0) is 15.7 Å². The Balaban J connectivity index is 1.94. The van der Waals surface area contributed by atoms with E-state index in [9.17, 15) is 35.9 Å². The maximum absolute atomic E-state index is 13.2. The lowest BCUT2D eigenvalue weighted by molar-refractivity contribution is -0.274. The lowest BCUT2D eigenvalue weighted by atomic mass is 9.82. The van der Waals surface area contributed by atoms with Crippen molar-refractivity contribution in [2.45, 2.75) is 26.4 Å². The maximum atomic E-state index is 13.2. The lowest BCUT2D eigenvalue weighted by Gasteiger charge is -2.26. The minimum absolute atomic E-state index is 0.00430. The number of urea groups is 1. The Labute approximate surface area is 212 Å². The fourth-order valence-corrected chi connectivity index (χ4v) is 3.91. The highest BCUT2D eigenvalue weighted by molar-refractivity contribution is 6.32. The van der Waals surface area contributed by atoms with Crippen LogP contribution < -0.4 is 9.64 Å². The van der Waals surface area contributed by atoms with Gasteiger partial charge < -0.3 is 9.47 Å². The number of nitrogens with zero attached hydrogens (tertiary/aromatic N) is 3. The molecular weight excluding hydrogens is 532 g/mol. The van der Waals surface area contributed by atoms with Crippen LogP contribution in [0.25, 0.3) is 0 Å². The second-order valence-electron chi connectivity index (χ2n) is 8.13. The highest BCUT2D eigenvalue weighted by atomic mass is 35.5. The number of anilines is 1. The van der Waals surface area contributed by atoms with Crippen molar-refractivity contribution in [2.75, 3.05) is 25.1 Å². The van der Waals surface area contributed by atoms with E-state index in [0.717, 1.165) is 40.2 Å². The second kappa shape index (κ2) is 10.1. The Kier molecular flexibility index (Phi) is 7.68. The Morgan fingerprint density at radius 2 is 1.73 bits per heavy atom. The van der Waals surface area contributed by atoms with E-state index in [1.165, 1.54) is 26.1 Å². The van der Waals surface area contributed by atoms with Crippen LogP contribution in [0.3, 0.4) is 0 Å². The summed E-state index contributed by atoms with van der Waals surface area (Å²) >= 11 is 5.85. The quantitative estimate of drug-likeness (QED) is 0.332. The molecule has 0 spiro atoms. The molecule has 1 atom stereocenters. The predicted molar refractivity (Wildman–Crippen MR) is 121 cm³/mol. The van der Waals surface area contributed by atoms with E-state index in [4.69, 9.17) is 16.3 Å². The minimum atomic E-state index is -4.89. The molecule has 0 radical (unpaired) electrons. The first-order valence-corrected chi connectivity index (χ1v) is 11.0. The molecule has 0 saturated carbocycles. The molecule has 7 nitrogen and oxygen atoms in total. The van der Waals surface area contributed by atoms with Gasteiger partial charge in [-0.15, -0.1) is 13.2 Å². The number of hydrogen-bond acceptors (Lipinski definition) is 5. The predicted octanol–water partition coefficient (Wildman–Crippen LogP) is 6.10.